The van der Waals surface area contributed by atoms with E-state index in [1.165, 1.54) is 0 Å². The van der Waals surface area contributed by atoms with Gasteiger partial charge in [0.2, 0.25) is 11.8 Å². The Morgan fingerprint density at radius 3 is 2.80 bits per heavy atom. The second-order valence-corrected chi connectivity index (χ2v) is 6.54. The molecule has 1 aliphatic heterocycles. The Kier molecular flexibility index (Phi) is 4.61. The number of hydrogen-bond donors (Lipinski definition) is 1. The first-order chi connectivity index (χ1) is 11.9. The summed E-state index contributed by atoms with van der Waals surface area (Å²) in [5.41, 5.74) is 3.79. The van der Waals surface area contributed by atoms with Gasteiger partial charge < -0.3 is 5.32 Å². The number of carbonyl (C=O) groups excluding carboxylic acids is 2. The van der Waals surface area contributed by atoms with E-state index in [-0.39, 0.29) is 11.8 Å². The molecule has 2 amide bonds. The third kappa shape index (κ3) is 3.16. The monoisotopic (exact) mass is 340 g/mol. The number of aromatic nitrogens is 2. The average Bonchev–Trinajstić information content (AvgIpc) is 2.95. The molecule has 132 valence electrons. The van der Waals surface area contributed by atoms with Gasteiger partial charge in [-0.1, -0.05) is 19.1 Å². The number of fused-ring (bicyclic) bond motifs is 1. The van der Waals surface area contributed by atoms with Crippen molar-refractivity contribution in [3.63, 3.8) is 0 Å². The molecule has 0 saturated heterocycles. The topological polar surface area (TPSA) is 67.2 Å². The highest BCUT2D eigenvalue weighted by Crippen LogP contribution is 2.27. The fraction of sp³-hybridized carbons (Fsp3) is 0.421. The SMILES string of the molecule is CCC(C(=O)Nc1cccc(C)c1C)N1C(=O)CCn2nc(C)cc21. The van der Waals surface area contributed by atoms with Crippen LogP contribution < -0.4 is 10.2 Å². The van der Waals surface area contributed by atoms with Crippen LogP contribution >= 0.6 is 0 Å². The summed E-state index contributed by atoms with van der Waals surface area (Å²) >= 11 is 0. The van der Waals surface area contributed by atoms with E-state index in [0.29, 0.717) is 25.2 Å². The quantitative estimate of drug-likeness (QED) is 0.930. The van der Waals surface area contributed by atoms with Crippen molar-refractivity contribution in [3.05, 3.63) is 41.1 Å². The molecule has 0 aliphatic carbocycles. The first kappa shape index (κ1) is 17.2. The highest BCUT2D eigenvalue weighted by molar-refractivity contribution is 6.05. The lowest BCUT2D eigenvalue weighted by molar-refractivity contribution is -0.124. The van der Waals surface area contributed by atoms with Gasteiger partial charge in [0, 0.05) is 18.2 Å². The predicted octanol–water partition coefficient (Wildman–Crippen LogP) is 2.96. The van der Waals surface area contributed by atoms with Crippen LogP contribution in [0.5, 0.6) is 0 Å². The largest absolute Gasteiger partial charge is 0.324 e. The summed E-state index contributed by atoms with van der Waals surface area (Å²) in [7, 11) is 0. The van der Waals surface area contributed by atoms with Gasteiger partial charge in [0.1, 0.15) is 11.9 Å². The summed E-state index contributed by atoms with van der Waals surface area (Å²) in [6.45, 7) is 8.37. The molecule has 25 heavy (non-hydrogen) atoms. The van der Waals surface area contributed by atoms with Gasteiger partial charge in [0.05, 0.1) is 12.2 Å². The van der Waals surface area contributed by atoms with Crippen molar-refractivity contribution in [1.29, 1.82) is 0 Å². The molecule has 0 fully saturated rings. The van der Waals surface area contributed by atoms with Gasteiger partial charge in [-0.3, -0.25) is 14.5 Å². The second-order valence-electron chi connectivity index (χ2n) is 6.54. The lowest BCUT2D eigenvalue weighted by Gasteiger charge is -2.33. The van der Waals surface area contributed by atoms with E-state index < -0.39 is 6.04 Å². The molecule has 2 aromatic rings. The molecule has 3 rings (SSSR count). The van der Waals surface area contributed by atoms with E-state index in [2.05, 4.69) is 10.4 Å². The zero-order chi connectivity index (χ0) is 18.1. The van der Waals surface area contributed by atoms with Crippen molar-refractivity contribution in [1.82, 2.24) is 9.78 Å². The van der Waals surface area contributed by atoms with Gasteiger partial charge in [0.25, 0.3) is 0 Å². The van der Waals surface area contributed by atoms with Crippen LogP contribution in [0, 0.1) is 20.8 Å². The summed E-state index contributed by atoms with van der Waals surface area (Å²) in [5.74, 6) is 0.504. The van der Waals surface area contributed by atoms with Crippen molar-refractivity contribution in [2.75, 3.05) is 10.2 Å². The maximum atomic E-state index is 12.9. The van der Waals surface area contributed by atoms with Crippen LogP contribution in [0.1, 0.15) is 36.6 Å². The van der Waals surface area contributed by atoms with E-state index in [4.69, 9.17) is 0 Å². The Balaban J connectivity index is 1.90. The van der Waals surface area contributed by atoms with Gasteiger partial charge in [-0.2, -0.15) is 5.10 Å². The zero-order valence-electron chi connectivity index (χ0n) is 15.2. The number of aryl methyl sites for hydroxylation is 3. The minimum absolute atomic E-state index is 0.0321. The number of nitrogens with one attached hydrogen (secondary N) is 1. The van der Waals surface area contributed by atoms with Crippen LogP contribution in [0.25, 0.3) is 0 Å². The number of benzene rings is 1. The third-order valence-corrected chi connectivity index (χ3v) is 4.80. The molecule has 0 radical (unpaired) electrons. The maximum absolute atomic E-state index is 12.9. The normalized spacial score (nSPS) is 15.0. The van der Waals surface area contributed by atoms with Gasteiger partial charge >= 0.3 is 0 Å². The molecule has 1 aliphatic rings. The Morgan fingerprint density at radius 1 is 1.32 bits per heavy atom. The van der Waals surface area contributed by atoms with Crippen molar-refractivity contribution >= 4 is 23.3 Å². The minimum Gasteiger partial charge on any atom is -0.324 e. The lowest BCUT2D eigenvalue weighted by Crippen LogP contribution is -2.50. The number of nitrogens with zero attached hydrogens (tertiary/aromatic N) is 3. The highest BCUT2D eigenvalue weighted by Gasteiger charge is 2.35. The molecule has 1 aromatic heterocycles. The van der Waals surface area contributed by atoms with E-state index in [1.54, 1.807) is 4.90 Å². The van der Waals surface area contributed by atoms with Gasteiger partial charge in [-0.05, 0) is 44.4 Å². The van der Waals surface area contributed by atoms with E-state index in [0.717, 1.165) is 22.5 Å². The minimum atomic E-state index is -0.553. The Bertz CT molecular complexity index is 825. The summed E-state index contributed by atoms with van der Waals surface area (Å²) < 4.78 is 1.81. The van der Waals surface area contributed by atoms with Crippen molar-refractivity contribution in [2.45, 2.75) is 53.1 Å². The number of carbonyl (C=O) groups is 2. The molecular formula is C19H24N4O2. The van der Waals surface area contributed by atoms with Crippen LogP contribution in [0.2, 0.25) is 0 Å². The number of anilines is 2. The molecule has 1 aromatic carbocycles. The molecule has 1 unspecified atom stereocenters. The summed E-state index contributed by atoms with van der Waals surface area (Å²) in [6, 6.07) is 7.13. The van der Waals surface area contributed by atoms with Crippen LogP contribution in [-0.4, -0.2) is 27.6 Å². The molecule has 6 heteroatoms. The second kappa shape index (κ2) is 6.70. The van der Waals surface area contributed by atoms with Gasteiger partial charge in [-0.15, -0.1) is 0 Å². The molecule has 0 saturated carbocycles. The van der Waals surface area contributed by atoms with Crippen molar-refractivity contribution in [3.8, 4) is 0 Å². The van der Waals surface area contributed by atoms with Crippen molar-refractivity contribution < 1.29 is 9.59 Å². The molecule has 0 spiro atoms. The van der Waals surface area contributed by atoms with E-state index in [9.17, 15) is 9.59 Å². The number of amides is 2. The summed E-state index contributed by atoms with van der Waals surface area (Å²) in [4.78, 5) is 27.1. The van der Waals surface area contributed by atoms with Gasteiger partial charge in [-0.25, -0.2) is 4.68 Å². The standard InChI is InChI=1S/C19H24N4O2/c1-5-16(19(25)20-15-8-6-7-12(2)14(15)4)23-17-11-13(3)21-22(17)10-9-18(23)24/h6-8,11,16H,5,9-10H2,1-4H3,(H,20,25). The Hall–Kier alpha value is -2.63. The van der Waals surface area contributed by atoms with Crippen LogP contribution in [0.15, 0.2) is 24.3 Å². The Labute approximate surface area is 147 Å². The van der Waals surface area contributed by atoms with Crippen LogP contribution in [-0.2, 0) is 16.1 Å². The molecule has 1 atom stereocenters. The summed E-state index contributed by atoms with van der Waals surface area (Å²) in [6.07, 6.45) is 0.897. The van der Waals surface area contributed by atoms with Crippen molar-refractivity contribution in [2.24, 2.45) is 0 Å². The van der Waals surface area contributed by atoms with Crippen LogP contribution in [0.3, 0.4) is 0 Å². The molecular weight excluding hydrogens is 316 g/mol. The van der Waals surface area contributed by atoms with Gasteiger partial charge in [0.15, 0.2) is 0 Å². The number of rotatable bonds is 4. The Morgan fingerprint density at radius 2 is 2.08 bits per heavy atom. The fourth-order valence-corrected chi connectivity index (χ4v) is 3.26. The number of hydrogen-bond acceptors (Lipinski definition) is 3. The maximum Gasteiger partial charge on any atom is 0.247 e. The summed E-state index contributed by atoms with van der Waals surface area (Å²) in [5, 5.41) is 7.41. The lowest BCUT2D eigenvalue weighted by atomic mass is 10.1. The molecule has 1 N–H and O–H groups in total. The molecule has 6 nitrogen and oxygen atoms in total. The van der Waals surface area contributed by atoms with E-state index >= 15 is 0 Å². The highest BCUT2D eigenvalue weighted by atomic mass is 16.2. The first-order valence-electron chi connectivity index (χ1n) is 8.66. The average molecular weight is 340 g/mol. The predicted molar refractivity (Wildman–Crippen MR) is 97.7 cm³/mol. The molecule has 0 bridgehead atoms. The third-order valence-electron chi connectivity index (χ3n) is 4.80. The first-order valence-corrected chi connectivity index (χ1v) is 8.66. The smallest absolute Gasteiger partial charge is 0.247 e. The molecule has 2 heterocycles. The van der Waals surface area contributed by atoms with E-state index in [1.807, 2.05) is 56.6 Å². The van der Waals surface area contributed by atoms with Crippen LogP contribution in [0.4, 0.5) is 11.5 Å². The zero-order valence-corrected chi connectivity index (χ0v) is 15.2. The fourth-order valence-electron chi connectivity index (χ4n) is 3.26.